The maximum absolute atomic E-state index is 12.6. The molecule has 128 valence electrons. The normalized spacial score (nSPS) is 27.5. The van der Waals surface area contributed by atoms with Crippen molar-refractivity contribution in [3.05, 3.63) is 42.6 Å². The van der Waals surface area contributed by atoms with Crippen LogP contribution in [0.5, 0.6) is 0 Å². The van der Waals surface area contributed by atoms with Crippen LogP contribution in [0.2, 0.25) is 0 Å². The van der Waals surface area contributed by atoms with E-state index < -0.39 is 5.60 Å². The molecule has 0 bridgehead atoms. The van der Waals surface area contributed by atoms with Crippen LogP contribution in [-0.2, 0) is 16.0 Å². The van der Waals surface area contributed by atoms with Gasteiger partial charge < -0.3 is 18.8 Å². The van der Waals surface area contributed by atoms with Crippen molar-refractivity contribution in [1.29, 1.82) is 0 Å². The van der Waals surface area contributed by atoms with Crippen molar-refractivity contribution in [2.24, 2.45) is 0 Å². The van der Waals surface area contributed by atoms with Crippen molar-refractivity contribution < 1.29 is 18.7 Å². The standard InChI is InChI=1S/C17H21N3O4/c21-16(14-3-8-22-11-14)19-7-9-23-13-17(12-19)4-2-15(24-17)10-20-6-1-5-18-20/h1,3,5-6,8,11,15H,2,4,7,9-10,12-13H2/t15-,17+/m1/s1. The Balaban J connectivity index is 1.45. The molecule has 2 fully saturated rings. The van der Waals surface area contributed by atoms with Crippen LogP contribution in [0.4, 0.5) is 0 Å². The second-order valence-corrected chi connectivity index (χ2v) is 6.48. The van der Waals surface area contributed by atoms with Crippen LogP contribution in [0, 0.1) is 0 Å². The van der Waals surface area contributed by atoms with Crippen molar-refractivity contribution in [2.45, 2.75) is 31.1 Å². The lowest BCUT2D eigenvalue weighted by molar-refractivity contribution is -0.0881. The highest BCUT2D eigenvalue weighted by Crippen LogP contribution is 2.34. The fourth-order valence-electron chi connectivity index (χ4n) is 3.51. The second kappa shape index (κ2) is 6.41. The lowest BCUT2D eigenvalue weighted by Crippen LogP contribution is -2.46. The Labute approximate surface area is 140 Å². The highest BCUT2D eigenvalue weighted by Gasteiger charge is 2.44. The minimum absolute atomic E-state index is 0.0345. The smallest absolute Gasteiger partial charge is 0.257 e. The Morgan fingerprint density at radius 1 is 1.46 bits per heavy atom. The maximum Gasteiger partial charge on any atom is 0.257 e. The van der Waals surface area contributed by atoms with Gasteiger partial charge in [-0.3, -0.25) is 9.48 Å². The molecular formula is C17H21N3O4. The number of carbonyl (C=O) groups excluding carboxylic acids is 1. The fourth-order valence-corrected chi connectivity index (χ4v) is 3.51. The molecule has 0 saturated carbocycles. The first-order valence-electron chi connectivity index (χ1n) is 8.29. The lowest BCUT2D eigenvalue weighted by atomic mass is 10.00. The van der Waals surface area contributed by atoms with Crippen LogP contribution in [0.1, 0.15) is 23.2 Å². The first kappa shape index (κ1) is 15.4. The van der Waals surface area contributed by atoms with E-state index in [2.05, 4.69) is 5.10 Å². The quantitative estimate of drug-likeness (QED) is 0.854. The molecule has 24 heavy (non-hydrogen) atoms. The predicted molar refractivity (Wildman–Crippen MR) is 84.5 cm³/mol. The topological polar surface area (TPSA) is 69.7 Å². The van der Waals surface area contributed by atoms with Crippen molar-refractivity contribution in [2.75, 3.05) is 26.3 Å². The van der Waals surface area contributed by atoms with E-state index in [9.17, 15) is 4.79 Å². The molecule has 7 nitrogen and oxygen atoms in total. The highest BCUT2D eigenvalue weighted by molar-refractivity contribution is 5.93. The number of carbonyl (C=O) groups is 1. The zero-order valence-electron chi connectivity index (χ0n) is 13.5. The number of aromatic nitrogens is 2. The van der Waals surface area contributed by atoms with Gasteiger partial charge in [-0.2, -0.15) is 5.10 Å². The average molecular weight is 331 g/mol. The van der Waals surface area contributed by atoms with Gasteiger partial charge in [-0.1, -0.05) is 0 Å². The number of nitrogens with zero attached hydrogens (tertiary/aromatic N) is 3. The van der Waals surface area contributed by atoms with Gasteiger partial charge in [0, 0.05) is 18.9 Å². The second-order valence-electron chi connectivity index (χ2n) is 6.48. The average Bonchev–Trinajstić information content (AvgIpc) is 3.30. The monoisotopic (exact) mass is 331 g/mol. The van der Waals surface area contributed by atoms with Crippen LogP contribution in [0.15, 0.2) is 41.5 Å². The Bertz CT molecular complexity index is 670. The van der Waals surface area contributed by atoms with E-state index in [-0.39, 0.29) is 12.0 Å². The summed E-state index contributed by atoms with van der Waals surface area (Å²) in [5.74, 6) is -0.0345. The number of ether oxygens (including phenoxy) is 2. The molecule has 2 aromatic heterocycles. The minimum Gasteiger partial charge on any atom is -0.472 e. The van der Waals surface area contributed by atoms with Crippen molar-refractivity contribution >= 4 is 5.91 Å². The Hall–Kier alpha value is -2.12. The predicted octanol–water partition coefficient (Wildman–Crippen LogP) is 1.57. The van der Waals surface area contributed by atoms with E-state index in [1.165, 1.54) is 12.5 Å². The molecule has 2 aromatic rings. The molecule has 0 N–H and O–H groups in total. The highest BCUT2D eigenvalue weighted by atomic mass is 16.6. The zero-order valence-corrected chi connectivity index (χ0v) is 13.5. The minimum atomic E-state index is -0.423. The summed E-state index contributed by atoms with van der Waals surface area (Å²) in [7, 11) is 0. The summed E-state index contributed by atoms with van der Waals surface area (Å²) < 4.78 is 19.0. The molecule has 2 saturated heterocycles. The molecule has 4 heterocycles. The molecule has 1 spiro atoms. The van der Waals surface area contributed by atoms with Gasteiger partial charge in [-0.05, 0) is 25.0 Å². The summed E-state index contributed by atoms with van der Waals surface area (Å²) in [5.41, 5.74) is 0.145. The van der Waals surface area contributed by atoms with Crippen LogP contribution < -0.4 is 0 Å². The molecular weight excluding hydrogens is 310 g/mol. The van der Waals surface area contributed by atoms with Crippen molar-refractivity contribution in [1.82, 2.24) is 14.7 Å². The van der Waals surface area contributed by atoms with Gasteiger partial charge in [0.1, 0.15) is 11.9 Å². The van der Waals surface area contributed by atoms with Crippen molar-refractivity contribution in [3.8, 4) is 0 Å². The summed E-state index contributed by atoms with van der Waals surface area (Å²) in [5, 5.41) is 4.24. The maximum atomic E-state index is 12.6. The molecule has 0 unspecified atom stereocenters. The Kier molecular flexibility index (Phi) is 4.12. The third-order valence-electron chi connectivity index (χ3n) is 4.69. The van der Waals surface area contributed by atoms with Gasteiger partial charge in [0.15, 0.2) is 0 Å². The van der Waals surface area contributed by atoms with Crippen LogP contribution in [0.3, 0.4) is 0 Å². The van der Waals surface area contributed by atoms with Gasteiger partial charge >= 0.3 is 0 Å². The number of rotatable bonds is 3. The van der Waals surface area contributed by atoms with E-state index in [4.69, 9.17) is 13.9 Å². The Morgan fingerprint density at radius 2 is 2.42 bits per heavy atom. The molecule has 0 radical (unpaired) electrons. The van der Waals surface area contributed by atoms with E-state index in [0.717, 1.165) is 19.4 Å². The molecule has 0 aromatic carbocycles. The van der Waals surface area contributed by atoms with Gasteiger partial charge in [0.05, 0.1) is 44.2 Å². The Morgan fingerprint density at radius 3 is 3.21 bits per heavy atom. The van der Waals surface area contributed by atoms with Crippen LogP contribution in [0.25, 0.3) is 0 Å². The number of hydrogen-bond donors (Lipinski definition) is 0. The molecule has 0 aliphatic carbocycles. The first-order chi connectivity index (χ1) is 11.7. The van der Waals surface area contributed by atoms with Gasteiger partial charge in [-0.25, -0.2) is 0 Å². The fraction of sp³-hybridized carbons (Fsp3) is 0.529. The number of furan rings is 1. The number of amides is 1. The summed E-state index contributed by atoms with van der Waals surface area (Å²) in [6.45, 7) is 2.90. The van der Waals surface area contributed by atoms with E-state index >= 15 is 0 Å². The largest absolute Gasteiger partial charge is 0.472 e. The lowest BCUT2D eigenvalue weighted by Gasteiger charge is -2.31. The molecule has 2 aliphatic rings. The SMILES string of the molecule is O=C(c1ccoc1)N1CCOC[C@]2(CC[C@H](Cn3cccn3)O2)C1. The summed E-state index contributed by atoms with van der Waals surface area (Å²) in [6.07, 6.45) is 8.63. The van der Waals surface area contributed by atoms with E-state index in [1.54, 1.807) is 12.3 Å². The van der Waals surface area contributed by atoms with Crippen molar-refractivity contribution in [3.63, 3.8) is 0 Å². The van der Waals surface area contributed by atoms with Gasteiger partial charge in [0.25, 0.3) is 5.91 Å². The zero-order chi connectivity index (χ0) is 16.4. The molecule has 2 aliphatic heterocycles. The van der Waals surface area contributed by atoms with E-state index in [0.29, 0.717) is 31.9 Å². The molecule has 4 rings (SSSR count). The number of hydrogen-bond acceptors (Lipinski definition) is 5. The summed E-state index contributed by atoms with van der Waals surface area (Å²) in [6, 6.07) is 3.60. The van der Waals surface area contributed by atoms with Crippen LogP contribution in [-0.4, -0.2) is 58.6 Å². The summed E-state index contributed by atoms with van der Waals surface area (Å²) >= 11 is 0. The van der Waals surface area contributed by atoms with Crippen LogP contribution >= 0.6 is 0 Å². The van der Waals surface area contributed by atoms with Gasteiger partial charge in [-0.15, -0.1) is 0 Å². The summed E-state index contributed by atoms with van der Waals surface area (Å²) in [4.78, 5) is 14.4. The first-order valence-corrected chi connectivity index (χ1v) is 8.29. The third-order valence-corrected chi connectivity index (χ3v) is 4.69. The molecule has 1 amide bonds. The third kappa shape index (κ3) is 3.09. The van der Waals surface area contributed by atoms with Gasteiger partial charge in [0.2, 0.25) is 0 Å². The van der Waals surface area contributed by atoms with E-state index in [1.807, 2.05) is 21.8 Å². The molecule has 7 heteroatoms. The molecule has 2 atom stereocenters.